The molecular formula is C24H25NO3. The Morgan fingerprint density at radius 1 is 0.857 bits per heavy atom. The zero-order chi connectivity index (χ0) is 19.8. The molecule has 28 heavy (non-hydrogen) atoms. The third-order valence-corrected chi connectivity index (χ3v) is 4.47. The van der Waals surface area contributed by atoms with Crippen LogP contribution in [0.1, 0.15) is 22.3 Å². The molecule has 3 rings (SSSR count). The van der Waals surface area contributed by atoms with Crippen LogP contribution in [-0.2, 0) is 29.2 Å². The fraction of sp³-hybridized carbons (Fsp3) is 0.208. The highest BCUT2D eigenvalue weighted by Gasteiger charge is 2.16. The van der Waals surface area contributed by atoms with Gasteiger partial charge in [-0.05, 0) is 41.7 Å². The number of aryl methyl sites for hydroxylation is 1. The summed E-state index contributed by atoms with van der Waals surface area (Å²) >= 11 is 0. The van der Waals surface area contributed by atoms with E-state index in [1.54, 1.807) is 0 Å². The lowest BCUT2D eigenvalue weighted by molar-refractivity contribution is -0.146. The van der Waals surface area contributed by atoms with Gasteiger partial charge in [-0.25, -0.2) is 0 Å². The van der Waals surface area contributed by atoms with Gasteiger partial charge in [0, 0.05) is 0 Å². The lowest BCUT2D eigenvalue weighted by atomic mass is 10.0. The lowest BCUT2D eigenvalue weighted by Gasteiger charge is -2.14. The Kier molecular flexibility index (Phi) is 6.82. The van der Waals surface area contributed by atoms with Gasteiger partial charge < -0.3 is 15.2 Å². The van der Waals surface area contributed by atoms with Crippen molar-refractivity contribution >= 4 is 5.97 Å². The van der Waals surface area contributed by atoms with Crippen LogP contribution in [0.25, 0.3) is 0 Å². The third-order valence-electron chi connectivity index (χ3n) is 4.47. The molecule has 0 aromatic heterocycles. The van der Waals surface area contributed by atoms with Gasteiger partial charge in [0.15, 0.2) is 0 Å². The number of carbonyl (C=O) groups is 1. The van der Waals surface area contributed by atoms with E-state index in [0.29, 0.717) is 13.0 Å². The smallest absolute Gasteiger partial charge is 0.323 e. The number of esters is 1. The highest BCUT2D eigenvalue weighted by atomic mass is 16.5. The summed E-state index contributed by atoms with van der Waals surface area (Å²) in [5.74, 6) is 0.391. The minimum atomic E-state index is -0.714. The summed E-state index contributed by atoms with van der Waals surface area (Å²) in [4.78, 5) is 12.2. The average Bonchev–Trinajstić information content (AvgIpc) is 2.73. The predicted octanol–water partition coefficient (Wildman–Crippen LogP) is 4.19. The van der Waals surface area contributed by atoms with E-state index in [2.05, 4.69) is 0 Å². The van der Waals surface area contributed by atoms with Crippen molar-refractivity contribution in [2.75, 3.05) is 0 Å². The summed E-state index contributed by atoms with van der Waals surface area (Å²) in [5, 5.41) is 0. The van der Waals surface area contributed by atoms with Gasteiger partial charge >= 0.3 is 5.97 Å². The fourth-order valence-electron chi connectivity index (χ4n) is 2.84. The number of carbonyl (C=O) groups excluding carboxylic acids is 1. The van der Waals surface area contributed by atoms with E-state index in [1.807, 2.05) is 85.8 Å². The fourth-order valence-corrected chi connectivity index (χ4v) is 2.84. The van der Waals surface area contributed by atoms with Crippen molar-refractivity contribution in [2.24, 2.45) is 5.73 Å². The standard InChI is InChI=1S/C24H25NO3/c1-18-12-13-21(15-23(18)27-16-19-8-4-2-5-9-19)14-22(25)24(26)28-17-20-10-6-3-7-11-20/h2-13,15,22H,14,16-17,25H2,1H3. The minimum absolute atomic E-state index is 0.229. The molecule has 0 fully saturated rings. The number of rotatable bonds is 8. The highest BCUT2D eigenvalue weighted by molar-refractivity contribution is 5.76. The van der Waals surface area contributed by atoms with E-state index in [0.717, 1.165) is 28.0 Å². The Bertz CT molecular complexity index is 894. The molecule has 2 N–H and O–H groups in total. The summed E-state index contributed by atoms with van der Waals surface area (Å²) in [7, 11) is 0. The maximum absolute atomic E-state index is 12.2. The average molecular weight is 375 g/mol. The first-order valence-corrected chi connectivity index (χ1v) is 9.34. The van der Waals surface area contributed by atoms with E-state index < -0.39 is 12.0 Å². The molecular weight excluding hydrogens is 350 g/mol. The third kappa shape index (κ3) is 5.69. The lowest BCUT2D eigenvalue weighted by Crippen LogP contribution is -2.34. The molecule has 0 aliphatic carbocycles. The molecule has 0 amide bonds. The largest absolute Gasteiger partial charge is 0.489 e. The second-order valence-electron chi connectivity index (χ2n) is 6.78. The van der Waals surface area contributed by atoms with Crippen LogP contribution in [0, 0.1) is 6.92 Å². The molecule has 3 aromatic carbocycles. The van der Waals surface area contributed by atoms with Crippen LogP contribution in [0.15, 0.2) is 78.9 Å². The van der Waals surface area contributed by atoms with Crippen LogP contribution in [0.2, 0.25) is 0 Å². The Balaban J connectivity index is 1.56. The highest BCUT2D eigenvalue weighted by Crippen LogP contribution is 2.22. The second kappa shape index (κ2) is 9.72. The quantitative estimate of drug-likeness (QED) is 0.600. The molecule has 4 nitrogen and oxygen atoms in total. The molecule has 0 saturated carbocycles. The number of ether oxygens (including phenoxy) is 2. The van der Waals surface area contributed by atoms with Crippen LogP contribution in [-0.4, -0.2) is 12.0 Å². The van der Waals surface area contributed by atoms with E-state index in [4.69, 9.17) is 15.2 Å². The van der Waals surface area contributed by atoms with Crippen molar-refractivity contribution in [3.63, 3.8) is 0 Å². The number of hydrogen-bond acceptors (Lipinski definition) is 4. The Morgan fingerprint density at radius 3 is 2.11 bits per heavy atom. The molecule has 0 spiro atoms. The Morgan fingerprint density at radius 2 is 1.46 bits per heavy atom. The Hall–Kier alpha value is -3.11. The maximum Gasteiger partial charge on any atom is 0.323 e. The maximum atomic E-state index is 12.2. The van der Waals surface area contributed by atoms with Gasteiger partial charge in [-0.15, -0.1) is 0 Å². The van der Waals surface area contributed by atoms with Gasteiger partial charge in [-0.1, -0.05) is 72.8 Å². The first-order chi connectivity index (χ1) is 13.6. The van der Waals surface area contributed by atoms with Crippen molar-refractivity contribution in [1.82, 2.24) is 0 Å². The summed E-state index contributed by atoms with van der Waals surface area (Å²) in [6, 6.07) is 24.8. The Labute approximate surface area is 165 Å². The van der Waals surface area contributed by atoms with Crippen molar-refractivity contribution < 1.29 is 14.3 Å². The van der Waals surface area contributed by atoms with Crippen LogP contribution in [0.3, 0.4) is 0 Å². The first kappa shape index (κ1) is 19.6. The van der Waals surface area contributed by atoms with Gasteiger partial charge in [0.25, 0.3) is 0 Å². The molecule has 1 atom stereocenters. The van der Waals surface area contributed by atoms with Crippen LogP contribution < -0.4 is 10.5 Å². The van der Waals surface area contributed by atoms with Crippen molar-refractivity contribution in [3.8, 4) is 5.75 Å². The van der Waals surface area contributed by atoms with Gasteiger partial charge in [0.05, 0.1) is 0 Å². The summed E-state index contributed by atoms with van der Waals surface area (Å²) in [5.41, 5.74) is 10.1. The van der Waals surface area contributed by atoms with E-state index in [-0.39, 0.29) is 6.61 Å². The van der Waals surface area contributed by atoms with Gasteiger partial charge in [0.1, 0.15) is 25.0 Å². The van der Waals surface area contributed by atoms with E-state index in [9.17, 15) is 4.79 Å². The molecule has 1 unspecified atom stereocenters. The van der Waals surface area contributed by atoms with Gasteiger partial charge in [-0.3, -0.25) is 4.79 Å². The number of nitrogens with two attached hydrogens (primary N) is 1. The van der Waals surface area contributed by atoms with E-state index >= 15 is 0 Å². The molecule has 3 aromatic rings. The molecule has 0 aliphatic heterocycles. The topological polar surface area (TPSA) is 61.6 Å². The first-order valence-electron chi connectivity index (χ1n) is 9.34. The van der Waals surface area contributed by atoms with Crippen LogP contribution in [0.4, 0.5) is 0 Å². The van der Waals surface area contributed by atoms with Crippen LogP contribution in [0.5, 0.6) is 5.75 Å². The molecule has 0 radical (unpaired) electrons. The van der Waals surface area contributed by atoms with E-state index in [1.165, 1.54) is 0 Å². The summed E-state index contributed by atoms with van der Waals surface area (Å²) < 4.78 is 11.3. The van der Waals surface area contributed by atoms with Gasteiger partial charge in [-0.2, -0.15) is 0 Å². The van der Waals surface area contributed by atoms with Crippen molar-refractivity contribution in [1.29, 1.82) is 0 Å². The zero-order valence-corrected chi connectivity index (χ0v) is 16.0. The normalized spacial score (nSPS) is 11.6. The molecule has 0 heterocycles. The molecule has 144 valence electrons. The molecule has 4 heteroatoms. The van der Waals surface area contributed by atoms with Crippen molar-refractivity contribution in [2.45, 2.75) is 32.6 Å². The summed E-state index contributed by atoms with van der Waals surface area (Å²) in [6.07, 6.45) is 0.398. The van der Waals surface area contributed by atoms with Crippen LogP contribution >= 0.6 is 0 Å². The number of benzene rings is 3. The van der Waals surface area contributed by atoms with Crippen molar-refractivity contribution in [3.05, 3.63) is 101 Å². The SMILES string of the molecule is Cc1ccc(CC(N)C(=O)OCc2ccccc2)cc1OCc1ccccc1. The molecule has 0 aliphatic rings. The molecule has 0 bridgehead atoms. The zero-order valence-electron chi connectivity index (χ0n) is 16.0. The monoisotopic (exact) mass is 375 g/mol. The predicted molar refractivity (Wildman–Crippen MR) is 110 cm³/mol. The number of hydrogen-bond donors (Lipinski definition) is 1. The van der Waals surface area contributed by atoms with Gasteiger partial charge in [0.2, 0.25) is 0 Å². The second-order valence-corrected chi connectivity index (χ2v) is 6.78. The molecule has 0 saturated heterocycles. The minimum Gasteiger partial charge on any atom is -0.489 e. The summed E-state index contributed by atoms with van der Waals surface area (Å²) in [6.45, 7) is 2.72.